The second-order valence-corrected chi connectivity index (χ2v) is 6.59. The van der Waals surface area contributed by atoms with E-state index in [2.05, 4.69) is 12.0 Å². The number of nitrogens with zero attached hydrogens (tertiary/aromatic N) is 4. The van der Waals surface area contributed by atoms with E-state index in [9.17, 15) is 4.79 Å². The van der Waals surface area contributed by atoms with E-state index in [1.165, 1.54) is 0 Å². The number of carbonyl (C=O) groups excluding carboxylic acids is 1. The van der Waals surface area contributed by atoms with Crippen molar-refractivity contribution in [3.05, 3.63) is 46.5 Å². The molecule has 0 spiro atoms. The van der Waals surface area contributed by atoms with Crippen LogP contribution in [0.2, 0.25) is 5.02 Å². The summed E-state index contributed by atoms with van der Waals surface area (Å²) in [5.41, 5.74) is 1.12. The number of benzene rings is 1. The fraction of sp³-hybridized carbons (Fsp3) is 0.500. The van der Waals surface area contributed by atoms with Crippen LogP contribution in [0.25, 0.3) is 0 Å². The molecule has 0 bridgehead atoms. The normalized spacial score (nSPS) is 14.6. The first-order valence-corrected chi connectivity index (χ1v) is 8.98. The van der Waals surface area contributed by atoms with Gasteiger partial charge in [-0.15, -0.1) is 0 Å². The molecule has 0 N–H and O–H groups in total. The lowest BCUT2D eigenvalue weighted by molar-refractivity contribution is -0.127. The maximum Gasteiger partial charge on any atom is 0.222 e. The first-order chi connectivity index (χ1) is 11.7. The zero-order valence-corrected chi connectivity index (χ0v) is 14.8. The second kappa shape index (κ2) is 7.79. The van der Waals surface area contributed by atoms with Crippen molar-refractivity contribution in [3.8, 4) is 0 Å². The topological polar surface area (TPSA) is 51.0 Å². The van der Waals surface area contributed by atoms with Crippen molar-refractivity contribution in [1.82, 2.24) is 19.7 Å². The molecule has 3 rings (SSSR count). The Morgan fingerprint density at radius 2 is 2.21 bits per heavy atom. The molecule has 1 fully saturated rings. The fourth-order valence-corrected chi connectivity index (χ4v) is 3.35. The van der Waals surface area contributed by atoms with Gasteiger partial charge in [-0.3, -0.25) is 9.48 Å². The Hall–Kier alpha value is -1.88. The van der Waals surface area contributed by atoms with Crippen molar-refractivity contribution in [3.63, 3.8) is 0 Å². The average molecular weight is 347 g/mol. The maximum atomic E-state index is 11.7. The molecular weight excluding hydrogens is 324 g/mol. The molecule has 1 aromatic carbocycles. The summed E-state index contributed by atoms with van der Waals surface area (Å²) >= 11 is 6.04. The Balaban J connectivity index is 1.61. The molecule has 0 saturated carbocycles. The maximum absolute atomic E-state index is 11.7. The minimum absolute atomic E-state index is 0.286. The Bertz CT molecular complexity index is 713. The third kappa shape index (κ3) is 4.15. The van der Waals surface area contributed by atoms with Crippen LogP contribution in [-0.2, 0) is 24.2 Å². The third-order valence-corrected chi connectivity index (χ3v) is 4.58. The number of carbonyl (C=O) groups is 1. The molecule has 128 valence electrons. The van der Waals surface area contributed by atoms with Gasteiger partial charge in [0.1, 0.15) is 5.82 Å². The molecule has 1 saturated heterocycles. The Kier molecular flexibility index (Phi) is 5.51. The highest BCUT2D eigenvalue weighted by atomic mass is 35.5. The molecule has 1 aliphatic heterocycles. The van der Waals surface area contributed by atoms with Gasteiger partial charge in [0.2, 0.25) is 5.91 Å². The van der Waals surface area contributed by atoms with Gasteiger partial charge in [-0.1, -0.05) is 23.7 Å². The molecule has 0 atom stereocenters. The van der Waals surface area contributed by atoms with Crippen molar-refractivity contribution in [2.75, 3.05) is 13.1 Å². The predicted molar refractivity (Wildman–Crippen MR) is 94.1 cm³/mol. The molecule has 2 heterocycles. The first kappa shape index (κ1) is 17.0. The van der Waals surface area contributed by atoms with Crippen molar-refractivity contribution >= 4 is 17.5 Å². The largest absolute Gasteiger partial charge is 0.343 e. The summed E-state index contributed by atoms with van der Waals surface area (Å²) in [5.74, 6) is 2.11. The van der Waals surface area contributed by atoms with Gasteiger partial charge in [0.05, 0.1) is 0 Å². The molecule has 0 radical (unpaired) electrons. The highest BCUT2D eigenvalue weighted by Crippen LogP contribution is 2.15. The van der Waals surface area contributed by atoms with Crippen LogP contribution >= 0.6 is 11.6 Å². The lowest BCUT2D eigenvalue weighted by Gasteiger charge is -2.14. The van der Waals surface area contributed by atoms with Gasteiger partial charge in [0.15, 0.2) is 5.82 Å². The first-order valence-electron chi connectivity index (χ1n) is 8.60. The molecule has 1 amide bonds. The number of likely N-dealkylation sites (tertiary alicyclic amines) is 1. The zero-order valence-electron chi connectivity index (χ0n) is 14.0. The Morgan fingerprint density at radius 3 is 2.92 bits per heavy atom. The third-order valence-electron chi connectivity index (χ3n) is 4.34. The number of aryl methyl sites for hydroxylation is 2. The highest BCUT2D eigenvalue weighted by molar-refractivity contribution is 6.30. The van der Waals surface area contributed by atoms with Crippen LogP contribution in [0.15, 0.2) is 24.3 Å². The number of aromatic nitrogens is 3. The molecule has 2 aromatic rings. The number of amides is 1. The SMILES string of the molecule is CCn1nc(Cc2cccc(Cl)c2)nc1CCCN1CCCC1=O. The van der Waals surface area contributed by atoms with Gasteiger partial charge >= 0.3 is 0 Å². The molecule has 6 heteroatoms. The summed E-state index contributed by atoms with van der Waals surface area (Å²) in [6.07, 6.45) is 4.16. The van der Waals surface area contributed by atoms with Gasteiger partial charge in [-0.25, -0.2) is 4.98 Å². The minimum Gasteiger partial charge on any atom is -0.343 e. The Morgan fingerprint density at radius 1 is 1.33 bits per heavy atom. The predicted octanol–water partition coefficient (Wildman–Crippen LogP) is 3.10. The van der Waals surface area contributed by atoms with Crippen LogP contribution in [0.4, 0.5) is 0 Å². The summed E-state index contributed by atoms with van der Waals surface area (Å²) in [6.45, 7) is 4.60. The lowest BCUT2D eigenvalue weighted by Crippen LogP contribution is -2.26. The van der Waals surface area contributed by atoms with Gasteiger partial charge in [0, 0.05) is 43.9 Å². The summed E-state index contributed by atoms with van der Waals surface area (Å²) < 4.78 is 1.96. The van der Waals surface area contributed by atoms with Gasteiger partial charge in [-0.2, -0.15) is 5.10 Å². The van der Waals surface area contributed by atoms with E-state index in [1.807, 2.05) is 33.8 Å². The van der Waals surface area contributed by atoms with Crippen LogP contribution in [0.3, 0.4) is 0 Å². The molecule has 1 aromatic heterocycles. The monoisotopic (exact) mass is 346 g/mol. The molecule has 0 unspecified atom stereocenters. The summed E-state index contributed by atoms with van der Waals surface area (Å²) in [4.78, 5) is 18.3. The highest BCUT2D eigenvalue weighted by Gasteiger charge is 2.19. The number of hydrogen-bond donors (Lipinski definition) is 0. The van der Waals surface area contributed by atoms with Crippen LogP contribution in [-0.4, -0.2) is 38.7 Å². The van der Waals surface area contributed by atoms with Crippen LogP contribution in [0.1, 0.15) is 43.4 Å². The van der Waals surface area contributed by atoms with E-state index in [-0.39, 0.29) is 5.91 Å². The van der Waals surface area contributed by atoms with E-state index >= 15 is 0 Å². The van der Waals surface area contributed by atoms with E-state index in [1.54, 1.807) is 0 Å². The van der Waals surface area contributed by atoms with Gasteiger partial charge in [-0.05, 0) is 37.5 Å². The van der Waals surface area contributed by atoms with Crippen molar-refractivity contribution in [2.24, 2.45) is 0 Å². The number of hydrogen-bond acceptors (Lipinski definition) is 3. The average Bonchev–Trinajstić information content (AvgIpc) is 3.14. The molecule has 0 aliphatic carbocycles. The number of rotatable bonds is 7. The smallest absolute Gasteiger partial charge is 0.222 e. The van der Waals surface area contributed by atoms with E-state index in [0.717, 1.165) is 61.1 Å². The van der Waals surface area contributed by atoms with E-state index in [4.69, 9.17) is 16.6 Å². The minimum atomic E-state index is 0.286. The fourth-order valence-electron chi connectivity index (χ4n) is 3.14. The second-order valence-electron chi connectivity index (χ2n) is 6.15. The molecule has 1 aliphatic rings. The van der Waals surface area contributed by atoms with Crippen molar-refractivity contribution < 1.29 is 4.79 Å². The standard InChI is InChI=1S/C18H23ClN4O/c1-2-23-17(8-4-10-22-11-5-9-18(22)24)20-16(21-23)13-14-6-3-7-15(19)12-14/h3,6-7,12H,2,4-5,8-11,13H2,1H3. The molecule has 5 nitrogen and oxygen atoms in total. The van der Waals surface area contributed by atoms with Gasteiger partial charge in [0.25, 0.3) is 0 Å². The van der Waals surface area contributed by atoms with Crippen LogP contribution in [0.5, 0.6) is 0 Å². The van der Waals surface area contributed by atoms with Crippen LogP contribution in [0, 0.1) is 0 Å². The zero-order chi connectivity index (χ0) is 16.9. The lowest BCUT2D eigenvalue weighted by atomic mass is 10.1. The summed E-state index contributed by atoms with van der Waals surface area (Å²) in [5, 5.41) is 5.34. The van der Waals surface area contributed by atoms with E-state index in [0.29, 0.717) is 12.8 Å². The number of halogens is 1. The van der Waals surface area contributed by atoms with Crippen LogP contribution < -0.4 is 0 Å². The Labute approximate surface area is 147 Å². The quantitative estimate of drug-likeness (QED) is 0.774. The van der Waals surface area contributed by atoms with Crippen molar-refractivity contribution in [1.29, 1.82) is 0 Å². The summed E-state index contributed by atoms with van der Waals surface area (Å²) in [7, 11) is 0. The molecular formula is C18H23ClN4O. The van der Waals surface area contributed by atoms with Gasteiger partial charge < -0.3 is 4.90 Å². The summed E-state index contributed by atoms with van der Waals surface area (Å²) in [6, 6.07) is 7.81. The van der Waals surface area contributed by atoms with Crippen molar-refractivity contribution in [2.45, 2.75) is 45.6 Å². The van der Waals surface area contributed by atoms with E-state index < -0.39 is 0 Å². The molecule has 24 heavy (non-hydrogen) atoms.